The third-order valence-corrected chi connectivity index (χ3v) is 1.77. The smallest absolute Gasteiger partial charge is 0.357 e. The highest BCUT2D eigenvalue weighted by atomic mass is 16.7. The average Bonchev–Trinajstić information content (AvgIpc) is 2.30. The van der Waals surface area contributed by atoms with Crippen molar-refractivity contribution in [2.45, 2.75) is 0 Å². The molecule has 0 unspecified atom stereocenters. The van der Waals surface area contributed by atoms with E-state index in [1.165, 1.54) is 10.8 Å². The fraction of sp³-hybridized carbons (Fsp3) is 0. The van der Waals surface area contributed by atoms with Crippen LogP contribution in [0.15, 0.2) is 48.5 Å². The van der Waals surface area contributed by atoms with Crippen molar-refractivity contribution >= 4 is 16.9 Å². The standard InChI is InChI=1S/C10H8.CH4N2O2/c1-2-6-10-8-4-3-7-9(10)5-1;2-1(4)5-3/h1-8H;3H2,(H2,2,4). The lowest BCUT2D eigenvalue weighted by atomic mass is 10.1. The number of primary amides is 1. The Morgan fingerprint density at radius 3 is 1.40 bits per heavy atom. The number of benzene rings is 2. The summed E-state index contributed by atoms with van der Waals surface area (Å²) in [7, 11) is 0. The van der Waals surface area contributed by atoms with Crippen molar-refractivity contribution in [3.63, 3.8) is 0 Å². The van der Waals surface area contributed by atoms with Crippen LogP contribution in [-0.4, -0.2) is 6.09 Å². The molecule has 1 amide bonds. The molecule has 4 heteroatoms. The second kappa shape index (κ2) is 5.62. The number of amides is 1. The SMILES string of the molecule is NOC(N)=O.c1ccc2ccccc2c1. The molecule has 0 heterocycles. The molecule has 0 aliphatic rings. The first-order chi connectivity index (χ1) is 7.24. The minimum Gasteiger partial charge on any atom is -0.357 e. The zero-order valence-corrected chi connectivity index (χ0v) is 8.09. The Balaban J connectivity index is 0.000000195. The quantitative estimate of drug-likeness (QED) is 0.642. The molecule has 0 fully saturated rings. The molecule has 4 nitrogen and oxygen atoms in total. The Kier molecular flexibility index (Phi) is 4.12. The molecule has 0 spiro atoms. The van der Waals surface area contributed by atoms with Crippen molar-refractivity contribution in [3.8, 4) is 0 Å². The highest BCUT2D eigenvalue weighted by Gasteiger charge is 1.85. The van der Waals surface area contributed by atoms with E-state index in [0.29, 0.717) is 0 Å². The van der Waals surface area contributed by atoms with Gasteiger partial charge in [-0.2, -0.15) is 5.90 Å². The summed E-state index contributed by atoms with van der Waals surface area (Å²) in [5, 5.41) is 2.62. The molecule has 2 aromatic carbocycles. The van der Waals surface area contributed by atoms with Crippen LogP contribution in [0.2, 0.25) is 0 Å². The molecule has 0 aliphatic carbocycles. The van der Waals surface area contributed by atoms with Crippen molar-refractivity contribution in [2.75, 3.05) is 0 Å². The fourth-order valence-corrected chi connectivity index (χ4v) is 1.13. The molecule has 0 aromatic heterocycles. The van der Waals surface area contributed by atoms with Crippen LogP contribution in [0.4, 0.5) is 4.79 Å². The van der Waals surface area contributed by atoms with E-state index in [9.17, 15) is 4.79 Å². The summed E-state index contributed by atoms with van der Waals surface area (Å²) in [5.41, 5.74) is 4.31. The maximum absolute atomic E-state index is 9.24. The van der Waals surface area contributed by atoms with Crippen molar-refractivity contribution < 1.29 is 9.63 Å². The highest BCUT2D eigenvalue weighted by molar-refractivity contribution is 5.81. The monoisotopic (exact) mass is 204 g/mol. The van der Waals surface area contributed by atoms with Gasteiger partial charge in [-0.3, -0.25) is 0 Å². The first-order valence-electron chi connectivity index (χ1n) is 4.34. The Morgan fingerprint density at radius 2 is 1.20 bits per heavy atom. The van der Waals surface area contributed by atoms with Gasteiger partial charge in [0, 0.05) is 0 Å². The lowest BCUT2D eigenvalue weighted by molar-refractivity contribution is 0.159. The van der Waals surface area contributed by atoms with E-state index >= 15 is 0 Å². The topological polar surface area (TPSA) is 78.3 Å². The first-order valence-corrected chi connectivity index (χ1v) is 4.34. The van der Waals surface area contributed by atoms with Crippen molar-refractivity contribution in [2.24, 2.45) is 11.6 Å². The lowest BCUT2D eigenvalue weighted by Crippen LogP contribution is -2.16. The molecular weight excluding hydrogens is 192 g/mol. The number of carbonyl (C=O) groups excluding carboxylic acids is 1. The fourth-order valence-electron chi connectivity index (χ4n) is 1.13. The maximum atomic E-state index is 9.24. The Labute approximate surface area is 87.4 Å². The molecular formula is C11H12N2O2. The lowest BCUT2D eigenvalue weighted by Gasteiger charge is -1.92. The van der Waals surface area contributed by atoms with Crippen LogP contribution in [0.3, 0.4) is 0 Å². The Bertz CT molecular complexity index is 378. The Hall–Kier alpha value is -2.07. The molecule has 2 rings (SSSR count). The van der Waals surface area contributed by atoms with E-state index in [-0.39, 0.29) is 0 Å². The van der Waals surface area contributed by atoms with Gasteiger partial charge >= 0.3 is 6.09 Å². The minimum absolute atomic E-state index is 0.968. The van der Waals surface area contributed by atoms with Crippen molar-refractivity contribution in [1.29, 1.82) is 0 Å². The van der Waals surface area contributed by atoms with E-state index in [4.69, 9.17) is 0 Å². The van der Waals surface area contributed by atoms with Crippen molar-refractivity contribution in [3.05, 3.63) is 48.5 Å². The van der Waals surface area contributed by atoms with Gasteiger partial charge in [-0.25, -0.2) is 4.79 Å². The van der Waals surface area contributed by atoms with Gasteiger partial charge in [0.25, 0.3) is 0 Å². The second-order valence-corrected chi connectivity index (χ2v) is 2.78. The number of fused-ring (bicyclic) bond motifs is 1. The average molecular weight is 204 g/mol. The van der Waals surface area contributed by atoms with Crippen molar-refractivity contribution in [1.82, 2.24) is 0 Å². The van der Waals surface area contributed by atoms with Crippen LogP contribution in [0.25, 0.3) is 10.8 Å². The number of rotatable bonds is 0. The first kappa shape index (κ1) is 11.0. The predicted octanol–water partition coefficient (Wildman–Crippen LogP) is 1.80. The van der Waals surface area contributed by atoms with Crippen LogP contribution in [0, 0.1) is 0 Å². The van der Waals surface area contributed by atoms with Gasteiger partial charge in [0.05, 0.1) is 0 Å². The van der Waals surface area contributed by atoms with Crippen LogP contribution >= 0.6 is 0 Å². The molecule has 0 saturated carbocycles. The third kappa shape index (κ3) is 3.66. The van der Waals surface area contributed by atoms with Gasteiger partial charge in [-0.05, 0) is 10.8 Å². The largest absolute Gasteiger partial charge is 0.423 e. The second-order valence-electron chi connectivity index (χ2n) is 2.78. The molecule has 0 saturated heterocycles. The van der Waals surface area contributed by atoms with Gasteiger partial charge in [0.1, 0.15) is 0 Å². The maximum Gasteiger partial charge on any atom is 0.423 e. The van der Waals surface area contributed by atoms with E-state index in [1.54, 1.807) is 0 Å². The number of hydrogen-bond acceptors (Lipinski definition) is 3. The van der Waals surface area contributed by atoms with E-state index in [1.807, 2.05) is 0 Å². The summed E-state index contributed by atoms with van der Waals surface area (Å²) < 4.78 is 0. The molecule has 0 aliphatic heterocycles. The van der Waals surface area contributed by atoms with Gasteiger partial charge in [0.2, 0.25) is 0 Å². The van der Waals surface area contributed by atoms with Crippen LogP contribution in [-0.2, 0) is 4.84 Å². The molecule has 0 bridgehead atoms. The molecule has 2 aromatic rings. The number of carbonyl (C=O) groups is 1. The molecule has 15 heavy (non-hydrogen) atoms. The summed E-state index contributed by atoms with van der Waals surface area (Å²) in [5.74, 6) is 4.20. The number of hydrogen-bond donors (Lipinski definition) is 2. The van der Waals surface area contributed by atoms with Gasteiger partial charge in [-0.15, -0.1) is 0 Å². The van der Waals surface area contributed by atoms with Crippen LogP contribution < -0.4 is 11.6 Å². The predicted molar refractivity (Wildman–Crippen MR) is 58.8 cm³/mol. The minimum atomic E-state index is -0.968. The summed E-state index contributed by atoms with van der Waals surface area (Å²) in [6.07, 6.45) is -0.968. The summed E-state index contributed by atoms with van der Waals surface area (Å²) in [6, 6.07) is 16.7. The molecule has 0 radical (unpaired) electrons. The van der Waals surface area contributed by atoms with E-state index in [0.717, 1.165) is 0 Å². The Morgan fingerprint density at radius 1 is 0.933 bits per heavy atom. The van der Waals surface area contributed by atoms with Crippen LogP contribution in [0.1, 0.15) is 0 Å². The summed E-state index contributed by atoms with van der Waals surface area (Å²) >= 11 is 0. The normalized spacial score (nSPS) is 8.87. The van der Waals surface area contributed by atoms with E-state index in [2.05, 4.69) is 65.0 Å². The van der Waals surface area contributed by atoms with Gasteiger partial charge < -0.3 is 10.6 Å². The number of nitrogens with two attached hydrogens (primary N) is 2. The summed E-state index contributed by atoms with van der Waals surface area (Å²) in [6.45, 7) is 0. The van der Waals surface area contributed by atoms with E-state index < -0.39 is 6.09 Å². The van der Waals surface area contributed by atoms with Gasteiger partial charge in [-0.1, -0.05) is 48.5 Å². The third-order valence-electron chi connectivity index (χ3n) is 1.77. The molecule has 78 valence electrons. The zero-order valence-electron chi connectivity index (χ0n) is 8.09. The molecule has 4 N–H and O–H groups in total. The summed E-state index contributed by atoms with van der Waals surface area (Å²) in [4.78, 5) is 12.6. The zero-order chi connectivity index (χ0) is 11.1. The van der Waals surface area contributed by atoms with Gasteiger partial charge in [0.15, 0.2) is 0 Å². The van der Waals surface area contributed by atoms with Crippen LogP contribution in [0.5, 0.6) is 0 Å². The molecule has 0 atom stereocenters. The highest BCUT2D eigenvalue weighted by Crippen LogP contribution is 2.11.